The standard InChI is InChI=1S/C14H25NO2/c1-9(2)15(8-10(3)16)14(17)13-11-6-4-5-7-12(11)13/h9-13,16H,4-8H2,1-3H3. The number of fused-ring (bicyclic) bond motifs is 1. The number of carbonyl (C=O) groups is 1. The number of nitrogens with zero attached hydrogens (tertiary/aromatic N) is 1. The van der Waals surface area contributed by atoms with Gasteiger partial charge in [0.25, 0.3) is 0 Å². The Kier molecular flexibility index (Phi) is 3.76. The van der Waals surface area contributed by atoms with Crippen LogP contribution in [0.25, 0.3) is 0 Å². The summed E-state index contributed by atoms with van der Waals surface area (Å²) in [6.07, 6.45) is 4.64. The molecule has 17 heavy (non-hydrogen) atoms. The summed E-state index contributed by atoms with van der Waals surface area (Å²) in [6.45, 7) is 6.30. The number of aliphatic hydroxyl groups excluding tert-OH is 1. The highest BCUT2D eigenvalue weighted by Gasteiger charge is 2.55. The molecule has 2 rings (SSSR count). The van der Waals surface area contributed by atoms with Crippen molar-refractivity contribution in [1.29, 1.82) is 0 Å². The van der Waals surface area contributed by atoms with Crippen molar-refractivity contribution in [1.82, 2.24) is 4.90 Å². The lowest BCUT2D eigenvalue weighted by atomic mass is 10.0. The van der Waals surface area contributed by atoms with Crippen LogP contribution in [0.2, 0.25) is 0 Å². The van der Waals surface area contributed by atoms with Crippen LogP contribution < -0.4 is 0 Å². The Morgan fingerprint density at radius 3 is 2.18 bits per heavy atom. The molecule has 0 aromatic heterocycles. The van der Waals surface area contributed by atoms with Crippen LogP contribution in [-0.4, -0.2) is 34.6 Å². The maximum absolute atomic E-state index is 12.5. The lowest BCUT2D eigenvalue weighted by Gasteiger charge is -2.28. The van der Waals surface area contributed by atoms with E-state index in [1.54, 1.807) is 6.92 Å². The van der Waals surface area contributed by atoms with Gasteiger partial charge in [0.1, 0.15) is 0 Å². The summed E-state index contributed by atoms with van der Waals surface area (Å²) in [4.78, 5) is 14.3. The minimum Gasteiger partial charge on any atom is -0.392 e. The maximum atomic E-state index is 12.5. The average Bonchev–Trinajstić information content (AvgIpc) is 2.98. The molecule has 0 heterocycles. The summed E-state index contributed by atoms with van der Waals surface area (Å²) >= 11 is 0. The first-order chi connectivity index (χ1) is 8.02. The number of hydrogen-bond donors (Lipinski definition) is 1. The minimum absolute atomic E-state index is 0.194. The van der Waals surface area contributed by atoms with Gasteiger partial charge in [0.15, 0.2) is 0 Å². The number of aliphatic hydroxyl groups is 1. The Morgan fingerprint density at radius 2 is 1.76 bits per heavy atom. The van der Waals surface area contributed by atoms with E-state index < -0.39 is 6.10 Å². The molecule has 2 saturated carbocycles. The van der Waals surface area contributed by atoms with E-state index in [4.69, 9.17) is 0 Å². The van der Waals surface area contributed by atoms with E-state index in [1.165, 1.54) is 25.7 Å². The topological polar surface area (TPSA) is 40.5 Å². The molecule has 2 aliphatic rings. The van der Waals surface area contributed by atoms with E-state index in [1.807, 2.05) is 18.7 Å². The van der Waals surface area contributed by atoms with Gasteiger partial charge < -0.3 is 10.0 Å². The van der Waals surface area contributed by atoms with Crippen LogP contribution in [0.3, 0.4) is 0 Å². The molecule has 0 bridgehead atoms. The van der Waals surface area contributed by atoms with Crippen LogP contribution in [0, 0.1) is 17.8 Å². The number of carbonyl (C=O) groups excluding carboxylic acids is 1. The lowest BCUT2D eigenvalue weighted by Crippen LogP contribution is -2.42. The van der Waals surface area contributed by atoms with Gasteiger partial charge in [-0.25, -0.2) is 0 Å². The minimum atomic E-state index is -0.429. The van der Waals surface area contributed by atoms with Gasteiger partial charge >= 0.3 is 0 Å². The summed E-state index contributed by atoms with van der Waals surface area (Å²) in [5.41, 5.74) is 0. The highest BCUT2D eigenvalue weighted by atomic mass is 16.3. The molecule has 0 saturated heterocycles. The summed E-state index contributed by atoms with van der Waals surface area (Å²) in [5, 5.41) is 9.49. The van der Waals surface area contributed by atoms with Crippen molar-refractivity contribution < 1.29 is 9.90 Å². The molecule has 1 amide bonds. The second-order valence-corrected chi connectivity index (χ2v) is 6.07. The van der Waals surface area contributed by atoms with Crippen LogP contribution in [0.4, 0.5) is 0 Å². The van der Waals surface area contributed by atoms with Gasteiger partial charge in [-0.05, 0) is 45.4 Å². The summed E-state index contributed by atoms with van der Waals surface area (Å²) in [6, 6.07) is 0.194. The number of amides is 1. The molecule has 1 N–H and O–H groups in total. The van der Waals surface area contributed by atoms with Crippen molar-refractivity contribution in [3.05, 3.63) is 0 Å². The predicted molar refractivity (Wildman–Crippen MR) is 67.5 cm³/mol. The van der Waals surface area contributed by atoms with Crippen molar-refractivity contribution in [3.63, 3.8) is 0 Å². The summed E-state index contributed by atoms with van der Waals surface area (Å²) in [7, 11) is 0. The van der Waals surface area contributed by atoms with E-state index in [0.29, 0.717) is 18.4 Å². The van der Waals surface area contributed by atoms with Crippen molar-refractivity contribution in [2.75, 3.05) is 6.54 Å². The normalized spacial score (nSPS) is 33.1. The van der Waals surface area contributed by atoms with Crippen LogP contribution in [0.5, 0.6) is 0 Å². The second kappa shape index (κ2) is 4.97. The van der Waals surface area contributed by atoms with Crippen molar-refractivity contribution in [2.45, 2.75) is 58.6 Å². The molecule has 3 unspecified atom stereocenters. The molecule has 2 aliphatic carbocycles. The predicted octanol–water partition coefficient (Wildman–Crippen LogP) is 2.04. The van der Waals surface area contributed by atoms with E-state index in [9.17, 15) is 9.90 Å². The van der Waals surface area contributed by atoms with Crippen LogP contribution in [0.1, 0.15) is 46.5 Å². The van der Waals surface area contributed by atoms with Crippen molar-refractivity contribution in [2.24, 2.45) is 17.8 Å². The maximum Gasteiger partial charge on any atom is 0.226 e. The van der Waals surface area contributed by atoms with E-state index in [2.05, 4.69) is 0 Å². The monoisotopic (exact) mass is 239 g/mol. The molecule has 0 spiro atoms. The SMILES string of the molecule is CC(O)CN(C(=O)C1C2CCCCC21)C(C)C. The van der Waals surface area contributed by atoms with Crippen LogP contribution >= 0.6 is 0 Å². The Hall–Kier alpha value is -0.570. The quantitative estimate of drug-likeness (QED) is 0.815. The molecule has 2 fully saturated rings. The molecule has 0 aliphatic heterocycles. The Bertz CT molecular complexity index is 276. The molecule has 3 atom stereocenters. The Morgan fingerprint density at radius 1 is 1.24 bits per heavy atom. The third kappa shape index (κ3) is 2.65. The molecule has 0 radical (unpaired) electrons. The first kappa shape index (κ1) is 12.9. The number of hydrogen-bond acceptors (Lipinski definition) is 2. The molecule has 0 aromatic rings. The Labute approximate surface area is 104 Å². The zero-order valence-electron chi connectivity index (χ0n) is 11.2. The fourth-order valence-electron chi connectivity index (χ4n) is 3.39. The first-order valence-electron chi connectivity index (χ1n) is 7.01. The molecule has 3 nitrogen and oxygen atoms in total. The van der Waals surface area contributed by atoms with E-state index in [0.717, 1.165) is 0 Å². The first-order valence-corrected chi connectivity index (χ1v) is 7.01. The largest absolute Gasteiger partial charge is 0.392 e. The fraction of sp³-hybridized carbons (Fsp3) is 0.929. The summed E-state index contributed by atoms with van der Waals surface area (Å²) in [5.74, 6) is 1.88. The zero-order chi connectivity index (χ0) is 12.6. The number of rotatable bonds is 4. The van der Waals surface area contributed by atoms with Gasteiger partial charge in [-0.3, -0.25) is 4.79 Å². The summed E-state index contributed by atoms with van der Waals surface area (Å²) < 4.78 is 0. The second-order valence-electron chi connectivity index (χ2n) is 6.07. The van der Waals surface area contributed by atoms with Gasteiger partial charge in [0.05, 0.1) is 6.10 Å². The molecular weight excluding hydrogens is 214 g/mol. The van der Waals surface area contributed by atoms with Crippen LogP contribution in [-0.2, 0) is 4.79 Å². The fourth-order valence-corrected chi connectivity index (χ4v) is 3.39. The van der Waals surface area contributed by atoms with E-state index >= 15 is 0 Å². The van der Waals surface area contributed by atoms with Gasteiger partial charge in [-0.1, -0.05) is 12.8 Å². The zero-order valence-corrected chi connectivity index (χ0v) is 11.2. The average molecular weight is 239 g/mol. The highest BCUT2D eigenvalue weighted by molar-refractivity contribution is 5.82. The third-order valence-corrected chi connectivity index (χ3v) is 4.31. The third-order valence-electron chi connectivity index (χ3n) is 4.31. The van der Waals surface area contributed by atoms with Gasteiger partial charge in [-0.2, -0.15) is 0 Å². The van der Waals surface area contributed by atoms with Gasteiger partial charge in [-0.15, -0.1) is 0 Å². The Balaban J connectivity index is 1.97. The van der Waals surface area contributed by atoms with Gasteiger partial charge in [0.2, 0.25) is 5.91 Å². The lowest BCUT2D eigenvalue weighted by molar-refractivity contribution is -0.136. The van der Waals surface area contributed by atoms with Crippen molar-refractivity contribution in [3.8, 4) is 0 Å². The molecule has 0 aromatic carbocycles. The molecular formula is C14H25NO2. The molecule has 3 heteroatoms. The highest BCUT2D eigenvalue weighted by Crippen LogP contribution is 2.56. The van der Waals surface area contributed by atoms with E-state index in [-0.39, 0.29) is 17.9 Å². The van der Waals surface area contributed by atoms with Crippen molar-refractivity contribution >= 4 is 5.91 Å². The van der Waals surface area contributed by atoms with Gasteiger partial charge in [0, 0.05) is 18.5 Å². The molecule has 98 valence electrons. The smallest absolute Gasteiger partial charge is 0.226 e. The van der Waals surface area contributed by atoms with Crippen LogP contribution in [0.15, 0.2) is 0 Å².